The van der Waals surface area contributed by atoms with Crippen LogP contribution in [0.2, 0.25) is 10.1 Å². The Balaban J connectivity index is 1.65. The number of ether oxygens (including phenoxy) is 1. The van der Waals surface area contributed by atoms with E-state index in [1.165, 1.54) is 0 Å². The van der Waals surface area contributed by atoms with Gasteiger partial charge in [0.15, 0.2) is 9.76 Å². The van der Waals surface area contributed by atoms with Crippen LogP contribution in [0.15, 0.2) is 89.8 Å². The van der Waals surface area contributed by atoms with Gasteiger partial charge in [-0.1, -0.05) is 93.0 Å². The van der Waals surface area contributed by atoms with Crippen LogP contribution in [-0.2, 0) is 25.6 Å². The van der Waals surface area contributed by atoms with E-state index in [1.807, 2.05) is 69.3 Å². The highest BCUT2D eigenvalue weighted by Gasteiger charge is 2.46. The quantitative estimate of drug-likeness (QED) is 0.237. The van der Waals surface area contributed by atoms with Crippen molar-refractivity contribution in [2.45, 2.75) is 80.4 Å². The Kier molecular flexibility index (Phi) is 10.9. The third kappa shape index (κ3) is 9.02. The van der Waals surface area contributed by atoms with Crippen molar-refractivity contribution in [3.8, 4) is 0 Å². The highest BCUT2D eigenvalue weighted by molar-refractivity contribution is 7.85. The van der Waals surface area contributed by atoms with Gasteiger partial charge >= 0.3 is 6.09 Å². The molecule has 1 aliphatic heterocycles. The summed E-state index contributed by atoms with van der Waals surface area (Å²) in [4.78, 5) is 16.5. The Labute approximate surface area is 266 Å². The van der Waals surface area contributed by atoms with Crippen molar-refractivity contribution in [2.24, 2.45) is 0 Å². The summed E-state index contributed by atoms with van der Waals surface area (Å²) in [7, 11) is -2.19. The molecule has 1 heterocycles. The predicted molar refractivity (Wildman–Crippen MR) is 179 cm³/mol. The average molecular weight is 641 g/mol. The van der Waals surface area contributed by atoms with Crippen LogP contribution >= 0.6 is 11.6 Å². The van der Waals surface area contributed by atoms with E-state index in [9.17, 15) is 9.00 Å². The number of alkyl carbamates (subject to hydrolysis) is 1. The molecule has 0 bridgehead atoms. The van der Waals surface area contributed by atoms with Gasteiger partial charge in [0.05, 0.1) is 22.1 Å². The molecule has 3 aromatic carbocycles. The van der Waals surface area contributed by atoms with Crippen molar-refractivity contribution < 1.29 is 18.2 Å². The molecule has 43 heavy (non-hydrogen) atoms. The highest BCUT2D eigenvalue weighted by Crippen LogP contribution is 2.41. The Morgan fingerprint density at radius 1 is 0.930 bits per heavy atom. The van der Waals surface area contributed by atoms with Gasteiger partial charge in [0, 0.05) is 29.6 Å². The Bertz CT molecular complexity index is 1320. The topological polar surface area (TPSA) is 67.9 Å². The Morgan fingerprint density at radius 2 is 1.47 bits per heavy atom. The molecule has 1 unspecified atom stereocenters. The zero-order chi connectivity index (χ0) is 31.3. The first-order chi connectivity index (χ1) is 20.3. The van der Waals surface area contributed by atoms with Crippen LogP contribution in [0.3, 0.4) is 0 Å². The van der Waals surface area contributed by atoms with Gasteiger partial charge in [-0.2, -0.15) is 0 Å². The van der Waals surface area contributed by atoms with Crippen LogP contribution < -0.4 is 5.32 Å². The summed E-state index contributed by atoms with van der Waals surface area (Å²) in [6.45, 7) is 14.4. The molecular weight excluding hydrogens is 596 g/mol. The van der Waals surface area contributed by atoms with Crippen LogP contribution in [0.25, 0.3) is 0 Å². The second-order valence-corrected chi connectivity index (χ2v) is 18.3. The van der Waals surface area contributed by atoms with Crippen LogP contribution in [0.1, 0.15) is 59.1 Å². The van der Waals surface area contributed by atoms with E-state index < -0.39 is 43.9 Å². The smallest absolute Gasteiger partial charge is 0.407 e. The molecule has 0 aromatic heterocycles. The number of likely N-dealkylation sites (tertiary alicyclic amines) is 1. The summed E-state index contributed by atoms with van der Waals surface area (Å²) in [5.74, 6) is 0. The largest absolute Gasteiger partial charge is 0.444 e. The molecule has 1 aliphatic rings. The van der Waals surface area contributed by atoms with E-state index in [0.717, 1.165) is 29.1 Å². The molecule has 0 saturated carbocycles. The van der Waals surface area contributed by atoms with Crippen molar-refractivity contribution in [3.05, 3.63) is 101 Å². The molecule has 0 radical (unpaired) electrons. The first kappa shape index (κ1) is 33.4. The van der Waals surface area contributed by atoms with E-state index in [1.54, 1.807) is 12.1 Å². The van der Waals surface area contributed by atoms with E-state index in [0.29, 0.717) is 18.0 Å². The fourth-order valence-corrected chi connectivity index (χ4v) is 8.08. The molecule has 9 heteroatoms. The zero-order valence-corrected chi connectivity index (χ0v) is 29.1. The maximum atomic E-state index is 13.4. The number of benzene rings is 3. The lowest BCUT2D eigenvalue weighted by molar-refractivity contribution is 0.0234. The van der Waals surface area contributed by atoms with Crippen LogP contribution in [0.4, 0.5) is 4.79 Å². The molecule has 1 N–H and O–H groups in total. The molecule has 1 saturated heterocycles. The van der Waals surface area contributed by atoms with Gasteiger partial charge in [-0.25, -0.2) is 4.79 Å². The summed E-state index contributed by atoms with van der Waals surface area (Å²) in [5.41, 5.74) is 0.414. The summed E-state index contributed by atoms with van der Waals surface area (Å²) >= 11 is 6.03. The second-order valence-electron chi connectivity index (χ2n) is 13.4. The van der Waals surface area contributed by atoms with Crippen molar-refractivity contribution in [1.29, 1.82) is 0 Å². The molecule has 3 aromatic rings. The molecule has 0 aliphatic carbocycles. The number of amides is 1. The number of nitrogens with one attached hydrogen (secondary N) is 1. The van der Waals surface area contributed by atoms with Crippen molar-refractivity contribution in [3.63, 3.8) is 0 Å². The molecular formula is C34H45ClN2O4SSi. The standard InChI is InChI=1S/C34H45ClN2O4SSi/c1-32(2,3)40-31(38)36-30(21-22-37-23-29(24-37)42(39)28-19-17-27(35)18-20-28)34(41-43-33(4,5)6,25-13-9-7-10-14-25)26-15-11-8-12-16-26/h7-20,29-30H,21-24,43H2,1-6H3,(H,36,38)/t30-,42?/m0/s1. The highest BCUT2D eigenvalue weighted by atomic mass is 35.5. The summed E-state index contributed by atoms with van der Waals surface area (Å²) < 4.78 is 26.1. The van der Waals surface area contributed by atoms with E-state index in [2.05, 4.69) is 55.3 Å². The fraction of sp³-hybridized carbons (Fsp3) is 0.441. The van der Waals surface area contributed by atoms with Crippen LogP contribution in [0.5, 0.6) is 0 Å². The van der Waals surface area contributed by atoms with Gasteiger partial charge in [0.25, 0.3) is 0 Å². The number of carbonyl (C=O) groups is 1. The van der Waals surface area contributed by atoms with Crippen LogP contribution in [0, 0.1) is 0 Å². The van der Waals surface area contributed by atoms with Gasteiger partial charge in [-0.05, 0) is 67.6 Å². The van der Waals surface area contributed by atoms with Crippen LogP contribution in [-0.4, -0.2) is 61.5 Å². The van der Waals surface area contributed by atoms with E-state index in [4.69, 9.17) is 20.8 Å². The number of nitrogens with zero attached hydrogens (tertiary/aromatic N) is 1. The maximum Gasteiger partial charge on any atom is 0.407 e. The van der Waals surface area contributed by atoms with Crippen molar-refractivity contribution in [2.75, 3.05) is 19.6 Å². The number of hydrogen-bond donors (Lipinski definition) is 1. The summed E-state index contributed by atoms with van der Waals surface area (Å²) in [5, 5.41) is 3.96. The maximum absolute atomic E-state index is 13.4. The lowest BCUT2D eigenvalue weighted by Gasteiger charge is -2.45. The number of hydrogen-bond acceptors (Lipinski definition) is 5. The molecule has 232 valence electrons. The lowest BCUT2D eigenvalue weighted by atomic mass is 9.78. The first-order valence-electron chi connectivity index (χ1n) is 14.9. The van der Waals surface area contributed by atoms with Gasteiger partial charge < -0.3 is 19.4 Å². The van der Waals surface area contributed by atoms with Gasteiger partial charge in [0.2, 0.25) is 0 Å². The number of rotatable bonds is 11. The number of carbonyl (C=O) groups excluding carboxylic acids is 1. The minimum absolute atomic E-state index is 0.0156. The summed E-state index contributed by atoms with van der Waals surface area (Å²) in [6, 6.07) is 27.2. The van der Waals surface area contributed by atoms with Gasteiger partial charge in [-0.15, -0.1) is 0 Å². The number of halogens is 1. The minimum atomic E-state index is -1.10. The predicted octanol–water partition coefficient (Wildman–Crippen LogP) is 6.68. The van der Waals surface area contributed by atoms with E-state index >= 15 is 0 Å². The Hall–Kier alpha value is -2.49. The first-order valence-corrected chi connectivity index (χ1v) is 17.8. The van der Waals surface area contributed by atoms with E-state index in [-0.39, 0.29) is 10.3 Å². The Morgan fingerprint density at radius 3 is 1.95 bits per heavy atom. The minimum Gasteiger partial charge on any atom is -0.444 e. The normalized spacial score (nSPS) is 16.5. The lowest BCUT2D eigenvalue weighted by Crippen LogP contribution is -2.58. The molecule has 1 amide bonds. The monoisotopic (exact) mass is 640 g/mol. The second kappa shape index (κ2) is 14.1. The molecule has 4 rings (SSSR count). The fourth-order valence-electron chi connectivity index (χ4n) is 5.28. The average Bonchev–Trinajstić information content (AvgIpc) is 2.92. The molecule has 1 fully saturated rings. The van der Waals surface area contributed by atoms with Crippen molar-refractivity contribution in [1.82, 2.24) is 10.2 Å². The molecule has 6 nitrogen and oxygen atoms in total. The third-order valence-corrected chi connectivity index (χ3v) is 10.7. The summed E-state index contributed by atoms with van der Waals surface area (Å²) in [6.07, 6.45) is 0.141. The molecule has 0 spiro atoms. The zero-order valence-electron chi connectivity index (χ0n) is 26.1. The van der Waals surface area contributed by atoms with Crippen molar-refractivity contribution >= 4 is 38.3 Å². The van der Waals surface area contributed by atoms with Gasteiger partial charge in [0.1, 0.15) is 11.2 Å². The molecule has 2 atom stereocenters. The third-order valence-electron chi connectivity index (χ3n) is 7.33. The SMILES string of the molecule is CC(C)(C)OC(=O)N[C@@H](CCN1CC(S(=O)c2ccc(Cl)cc2)C1)C(O[SiH2]C(C)(C)C)(c1ccccc1)c1ccccc1. The van der Waals surface area contributed by atoms with Gasteiger partial charge in [-0.3, -0.25) is 4.21 Å².